The first kappa shape index (κ1) is 20.2. The van der Waals surface area contributed by atoms with Crippen molar-refractivity contribution in [1.29, 1.82) is 5.41 Å². The van der Waals surface area contributed by atoms with E-state index in [1.54, 1.807) is 11.0 Å². The first-order valence-electron chi connectivity index (χ1n) is 11.5. The van der Waals surface area contributed by atoms with Crippen molar-refractivity contribution in [1.82, 2.24) is 30.2 Å². The Hall–Kier alpha value is -2.68. The molecule has 1 aliphatic carbocycles. The van der Waals surface area contributed by atoms with E-state index in [9.17, 15) is 4.79 Å². The van der Waals surface area contributed by atoms with E-state index in [0.717, 1.165) is 74.5 Å². The van der Waals surface area contributed by atoms with Gasteiger partial charge < -0.3 is 19.9 Å². The molecule has 3 fully saturated rings. The van der Waals surface area contributed by atoms with Crippen LogP contribution in [0.25, 0.3) is 11.3 Å². The van der Waals surface area contributed by atoms with E-state index in [-0.39, 0.29) is 12.3 Å². The van der Waals surface area contributed by atoms with Crippen LogP contribution in [0, 0.1) is 17.2 Å². The number of carbonyl (C=O) groups is 1. The van der Waals surface area contributed by atoms with E-state index in [1.807, 2.05) is 12.3 Å². The van der Waals surface area contributed by atoms with Crippen LogP contribution in [0.2, 0.25) is 0 Å². The normalized spacial score (nSPS) is 27.0. The lowest BCUT2D eigenvalue weighted by Gasteiger charge is -2.28. The lowest BCUT2D eigenvalue weighted by molar-refractivity contribution is -0.110. The topological polar surface area (TPSA) is 112 Å². The molecule has 0 spiro atoms. The van der Waals surface area contributed by atoms with E-state index >= 15 is 0 Å². The highest BCUT2D eigenvalue weighted by molar-refractivity contribution is 5.96. The van der Waals surface area contributed by atoms with Crippen LogP contribution in [-0.2, 0) is 9.53 Å². The molecule has 2 aromatic rings. The van der Waals surface area contributed by atoms with Gasteiger partial charge in [-0.25, -0.2) is 0 Å². The third kappa shape index (κ3) is 4.51. The van der Waals surface area contributed by atoms with Gasteiger partial charge in [0.25, 0.3) is 0 Å². The van der Waals surface area contributed by atoms with Crippen molar-refractivity contribution in [3.05, 3.63) is 24.2 Å². The molecule has 1 amide bonds. The number of amidine groups is 1. The molecule has 3 atom stereocenters. The number of nitrogens with one attached hydrogen (secondary N) is 3. The fourth-order valence-electron chi connectivity index (χ4n) is 4.89. The number of ether oxygens (including phenoxy) is 1. The summed E-state index contributed by atoms with van der Waals surface area (Å²) in [5, 5.41) is 20.8. The summed E-state index contributed by atoms with van der Waals surface area (Å²) in [7, 11) is 0. The van der Waals surface area contributed by atoms with Gasteiger partial charge in [0.2, 0.25) is 6.41 Å². The minimum Gasteiger partial charge on any atom is -0.358 e. The first-order valence-corrected chi connectivity index (χ1v) is 11.5. The molecule has 3 N–H and O–H groups in total. The maximum absolute atomic E-state index is 11.0. The molecule has 2 saturated heterocycles. The van der Waals surface area contributed by atoms with Crippen LogP contribution >= 0.6 is 0 Å². The number of hydrogen-bond acceptors (Lipinski definition) is 5. The lowest BCUT2D eigenvalue weighted by Crippen LogP contribution is -2.43. The van der Waals surface area contributed by atoms with E-state index in [2.05, 4.69) is 25.4 Å². The fourth-order valence-corrected chi connectivity index (χ4v) is 4.89. The van der Waals surface area contributed by atoms with Crippen LogP contribution in [0.3, 0.4) is 0 Å². The quantitative estimate of drug-likeness (QED) is 0.374. The number of nitrogens with zero attached hydrogens (tertiary/aromatic N) is 4. The van der Waals surface area contributed by atoms with Crippen LogP contribution < -0.4 is 5.32 Å². The number of hydrogen-bond donors (Lipinski definition) is 3. The van der Waals surface area contributed by atoms with E-state index in [1.165, 1.54) is 12.8 Å². The molecule has 3 unspecified atom stereocenters. The zero-order valence-corrected chi connectivity index (χ0v) is 17.8. The molecule has 0 aromatic carbocycles. The summed E-state index contributed by atoms with van der Waals surface area (Å²) in [5.41, 5.74) is 2.45. The Morgan fingerprint density at radius 1 is 1.19 bits per heavy atom. The number of aromatic nitrogens is 4. The minimum absolute atomic E-state index is 0.0853. The van der Waals surface area contributed by atoms with Crippen LogP contribution in [0.15, 0.2) is 18.5 Å². The number of aromatic amines is 1. The number of rotatable bonds is 6. The maximum atomic E-state index is 11.0. The van der Waals surface area contributed by atoms with Gasteiger partial charge in [0, 0.05) is 37.5 Å². The van der Waals surface area contributed by atoms with Gasteiger partial charge >= 0.3 is 0 Å². The van der Waals surface area contributed by atoms with E-state index in [4.69, 9.17) is 10.1 Å². The van der Waals surface area contributed by atoms with Crippen molar-refractivity contribution in [3.63, 3.8) is 0 Å². The number of likely N-dealkylation sites (tertiary alicyclic amines) is 1. The predicted molar refractivity (Wildman–Crippen MR) is 115 cm³/mol. The molecule has 2 aliphatic heterocycles. The van der Waals surface area contributed by atoms with E-state index in [0.29, 0.717) is 18.3 Å². The molecule has 9 nitrogen and oxygen atoms in total. The van der Waals surface area contributed by atoms with Crippen LogP contribution in [0.1, 0.15) is 56.9 Å². The molecular weight excluding hydrogens is 394 g/mol. The second-order valence-corrected chi connectivity index (χ2v) is 9.08. The number of amides is 1. The third-order valence-corrected chi connectivity index (χ3v) is 6.85. The zero-order valence-electron chi connectivity index (χ0n) is 17.8. The Morgan fingerprint density at radius 3 is 2.84 bits per heavy atom. The van der Waals surface area contributed by atoms with Crippen molar-refractivity contribution in [2.24, 2.45) is 11.8 Å². The largest absolute Gasteiger partial charge is 0.358 e. The highest BCUT2D eigenvalue weighted by atomic mass is 16.5. The molecule has 3 aliphatic rings. The maximum Gasteiger partial charge on any atom is 0.207 e. The molecule has 31 heavy (non-hydrogen) atoms. The molecule has 4 heterocycles. The van der Waals surface area contributed by atoms with Gasteiger partial charge in [-0.05, 0) is 62.8 Å². The SMILES string of the molecule is N=C(c1cc(-c2cnn(C3CCCCO3)n2)c[nH]1)N1CC(NC=O)CCC(C2CC2)C1. The first-order chi connectivity index (χ1) is 15.2. The van der Waals surface area contributed by atoms with Crippen LogP contribution in [0.4, 0.5) is 0 Å². The van der Waals surface area contributed by atoms with Gasteiger partial charge in [0.1, 0.15) is 11.5 Å². The van der Waals surface area contributed by atoms with Gasteiger partial charge in [-0.15, -0.1) is 0 Å². The summed E-state index contributed by atoms with van der Waals surface area (Å²) in [5.74, 6) is 1.85. The molecule has 0 bridgehead atoms. The van der Waals surface area contributed by atoms with Gasteiger partial charge in [-0.1, -0.05) is 0 Å². The molecule has 5 rings (SSSR count). The van der Waals surface area contributed by atoms with Crippen LogP contribution in [0.5, 0.6) is 0 Å². The van der Waals surface area contributed by atoms with Crippen molar-refractivity contribution in [2.75, 3.05) is 19.7 Å². The average molecular weight is 426 g/mol. The zero-order chi connectivity index (χ0) is 21.2. The number of carbonyl (C=O) groups excluding carboxylic acids is 1. The summed E-state index contributed by atoms with van der Waals surface area (Å²) in [6, 6.07) is 2.06. The second-order valence-electron chi connectivity index (χ2n) is 9.08. The fraction of sp³-hybridized carbons (Fsp3) is 0.636. The lowest BCUT2D eigenvalue weighted by atomic mass is 9.97. The highest BCUT2D eigenvalue weighted by Crippen LogP contribution is 2.40. The molecular formula is C22H31N7O2. The average Bonchev–Trinajstić information content (AvgIpc) is 3.38. The molecule has 9 heteroatoms. The molecule has 166 valence electrons. The second kappa shape index (κ2) is 8.82. The van der Waals surface area contributed by atoms with Crippen molar-refractivity contribution in [3.8, 4) is 11.3 Å². The number of H-pyrrole nitrogens is 1. The smallest absolute Gasteiger partial charge is 0.207 e. The third-order valence-electron chi connectivity index (χ3n) is 6.85. The van der Waals surface area contributed by atoms with Crippen molar-refractivity contribution in [2.45, 2.75) is 57.2 Å². The van der Waals surface area contributed by atoms with Crippen LogP contribution in [-0.4, -0.2) is 62.9 Å². The monoisotopic (exact) mass is 425 g/mol. The summed E-state index contributed by atoms with van der Waals surface area (Å²) in [6.07, 6.45) is 12.2. The van der Waals surface area contributed by atoms with Crippen molar-refractivity contribution < 1.29 is 9.53 Å². The Labute approximate surface area is 182 Å². The van der Waals surface area contributed by atoms with Crippen molar-refractivity contribution >= 4 is 12.2 Å². The van der Waals surface area contributed by atoms with Gasteiger partial charge in [0.15, 0.2) is 6.23 Å². The Morgan fingerprint density at radius 2 is 2.06 bits per heavy atom. The summed E-state index contributed by atoms with van der Waals surface area (Å²) < 4.78 is 5.77. The van der Waals surface area contributed by atoms with Gasteiger partial charge in [-0.3, -0.25) is 10.2 Å². The van der Waals surface area contributed by atoms with Gasteiger partial charge in [-0.2, -0.15) is 15.0 Å². The van der Waals surface area contributed by atoms with E-state index < -0.39 is 0 Å². The highest BCUT2D eigenvalue weighted by Gasteiger charge is 2.36. The standard InChI is InChI=1S/C22H31N7O2/c23-22(28-12-16(15-4-5-15)6-7-18(13-28)25-14-30)19-9-17(10-24-19)20-11-26-29(27-20)21-3-1-2-8-31-21/h9-11,14-16,18,21,23-24H,1-8,12-13H2,(H,25,30). The summed E-state index contributed by atoms with van der Waals surface area (Å²) in [6.45, 7) is 2.30. The predicted octanol–water partition coefficient (Wildman–Crippen LogP) is 2.53. The minimum atomic E-state index is -0.0853. The van der Waals surface area contributed by atoms with Gasteiger partial charge in [0.05, 0.1) is 11.9 Å². The Balaban J connectivity index is 1.30. The molecule has 1 saturated carbocycles. The Kier molecular flexibility index (Phi) is 5.76. The summed E-state index contributed by atoms with van der Waals surface area (Å²) >= 11 is 0. The summed E-state index contributed by atoms with van der Waals surface area (Å²) in [4.78, 5) is 18.1. The Bertz CT molecular complexity index is 913. The molecule has 0 radical (unpaired) electrons. The molecule has 2 aromatic heterocycles.